The smallest absolute Gasteiger partial charge is 0.0965 e. The highest BCUT2D eigenvalue weighted by molar-refractivity contribution is 9.10. The summed E-state index contributed by atoms with van der Waals surface area (Å²) >= 11 is 6.90. The minimum absolute atomic E-state index is 0.822. The zero-order valence-corrected chi connectivity index (χ0v) is 64.8. The lowest BCUT2D eigenvalue weighted by molar-refractivity contribution is 1.21. The molecule has 0 bridgehead atoms. The molecule has 0 spiro atoms. The number of rotatable bonds is 18. The average Bonchev–Trinajstić information content (AvgIpc) is 0.782. The van der Waals surface area contributed by atoms with Crippen LogP contribution in [0.1, 0.15) is 0 Å². The van der Waals surface area contributed by atoms with Crippen molar-refractivity contribution in [1.29, 1.82) is 0 Å². The summed E-state index contributed by atoms with van der Waals surface area (Å²) in [5.41, 5.74) is 30.4. The first kappa shape index (κ1) is 73.2. The second-order valence-electron chi connectivity index (χ2n) is 26.9. The van der Waals surface area contributed by atoms with Crippen LogP contribution in [0.5, 0.6) is 0 Å². The van der Waals surface area contributed by atoms with Gasteiger partial charge < -0.3 is 15.1 Å². The van der Waals surface area contributed by atoms with Gasteiger partial charge in [-0.05, 0) is 188 Å². The molecule has 9 heteroatoms. The molecule has 0 aliphatic rings. The summed E-state index contributed by atoms with van der Waals surface area (Å²) in [6.45, 7) is 0. The topological polar surface area (TPSA) is 70.1 Å². The summed E-state index contributed by atoms with van der Waals surface area (Å²) in [4.78, 5) is 23.4. The average molecular weight is 1580 g/mol. The van der Waals surface area contributed by atoms with Crippen molar-refractivity contribution in [2.24, 2.45) is 0 Å². The van der Waals surface area contributed by atoms with Crippen molar-refractivity contribution >= 4 is 77.4 Å². The third-order valence-electron chi connectivity index (χ3n) is 19.6. The van der Waals surface area contributed by atoms with E-state index in [-0.39, 0.29) is 0 Å². The van der Waals surface area contributed by atoms with Crippen molar-refractivity contribution in [1.82, 2.24) is 19.9 Å². The Morgan fingerprint density at radius 3 is 0.496 bits per heavy atom. The second kappa shape index (κ2) is 35.6. The van der Waals surface area contributed by atoms with E-state index >= 15 is 0 Å². The highest BCUT2D eigenvalue weighted by Crippen LogP contribution is 2.42. The van der Waals surface area contributed by atoms with Gasteiger partial charge in [0.05, 0.1) is 22.8 Å². The Morgan fingerprint density at radius 2 is 0.310 bits per heavy atom. The predicted molar refractivity (Wildman–Crippen MR) is 479 cm³/mol. The zero-order valence-electron chi connectivity index (χ0n) is 61.7. The molecule has 0 atom stereocenters. The third kappa shape index (κ3) is 18.0. The van der Waals surface area contributed by atoms with E-state index in [4.69, 9.17) is 9.97 Å². The van der Waals surface area contributed by atoms with Gasteiger partial charge in [-0.1, -0.05) is 335 Å². The lowest BCUT2D eigenvalue weighted by Crippen LogP contribution is -2.10. The number of benzene rings is 16. The van der Waals surface area contributed by atoms with Crippen molar-refractivity contribution in [3.63, 3.8) is 0 Å². The second-order valence-corrected chi connectivity index (χ2v) is 28.8. The maximum absolute atomic E-state index is 4.93. The van der Waals surface area contributed by atoms with E-state index in [1.165, 1.54) is 66.8 Å². The highest BCUT2D eigenvalue weighted by Gasteiger charge is 2.19. The number of nitrogens with one attached hydrogen (secondary N) is 1. The van der Waals surface area contributed by atoms with Gasteiger partial charge >= 0.3 is 0 Å². The Labute approximate surface area is 677 Å². The van der Waals surface area contributed by atoms with Crippen LogP contribution in [0.3, 0.4) is 0 Å². The number of aromatic nitrogens is 4. The van der Waals surface area contributed by atoms with Gasteiger partial charge in [-0.3, -0.25) is 19.9 Å². The fourth-order valence-corrected chi connectivity index (χ4v) is 14.4. The molecule has 16 aromatic carbocycles. The van der Waals surface area contributed by atoms with Crippen LogP contribution >= 0.6 is 31.9 Å². The maximum Gasteiger partial charge on any atom is 0.0965 e. The molecule has 7 nitrogen and oxygen atoms in total. The summed E-state index contributed by atoms with van der Waals surface area (Å²) in [6, 6.07) is 149. The van der Waals surface area contributed by atoms with Gasteiger partial charge in [0.15, 0.2) is 0 Å². The molecule has 1 N–H and O–H groups in total. The van der Waals surface area contributed by atoms with Crippen LogP contribution in [-0.2, 0) is 0 Å². The molecule has 18 rings (SSSR count). The summed E-state index contributed by atoms with van der Waals surface area (Å²) in [5.74, 6) is 0. The first-order chi connectivity index (χ1) is 55.8. The molecule has 0 fully saturated rings. The fourth-order valence-electron chi connectivity index (χ4n) is 13.8. The number of hydrogen-bond donors (Lipinski definition) is 1. The van der Waals surface area contributed by atoms with E-state index in [9.17, 15) is 0 Å². The molecule has 2 aromatic heterocycles. The van der Waals surface area contributed by atoms with Gasteiger partial charge in [0, 0.05) is 101 Å². The predicted octanol–water partition coefficient (Wildman–Crippen LogP) is 29.5. The lowest BCUT2D eigenvalue weighted by Gasteiger charge is -2.26. The number of anilines is 8. The molecule has 0 amide bonds. The summed E-state index contributed by atoms with van der Waals surface area (Å²) in [5, 5.41) is 3.46. The van der Waals surface area contributed by atoms with E-state index in [2.05, 4.69) is 421 Å². The van der Waals surface area contributed by atoms with Gasteiger partial charge in [-0.15, -0.1) is 0 Å². The Balaban J connectivity index is 0.000000172. The van der Waals surface area contributed by atoms with Crippen LogP contribution in [0.2, 0.25) is 0 Å². The molecule has 0 aliphatic heterocycles. The van der Waals surface area contributed by atoms with Crippen LogP contribution in [0.25, 0.3) is 112 Å². The van der Waals surface area contributed by atoms with Gasteiger partial charge in [-0.2, -0.15) is 0 Å². The molecule has 0 unspecified atom stereocenters. The Hall–Kier alpha value is -14.0. The van der Waals surface area contributed by atoms with E-state index in [1.807, 2.05) is 60.7 Å². The molecule has 0 aliphatic carbocycles. The molecule has 0 radical (unpaired) electrons. The van der Waals surface area contributed by atoms with Gasteiger partial charge in [0.25, 0.3) is 0 Å². The highest BCUT2D eigenvalue weighted by atomic mass is 79.9. The molecule has 540 valence electrons. The zero-order chi connectivity index (χ0) is 76.3. The largest absolute Gasteiger partial charge is 0.356 e. The monoisotopic (exact) mass is 1580 g/mol. The van der Waals surface area contributed by atoms with Crippen molar-refractivity contribution in [3.05, 3.63) is 458 Å². The van der Waals surface area contributed by atoms with Crippen LogP contribution in [0, 0.1) is 0 Å². The van der Waals surface area contributed by atoms with Gasteiger partial charge in [0.2, 0.25) is 0 Å². The third-order valence-corrected chi connectivity index (χ3v) is 20.7. The SMILES string of the molecule is Brc1ccc(-c2nccnc2-c2ccc(Br)cc2)cc1.c1ccc(-c2ccc(N(c3ccc(-c4ccccc4)cc3)c3ccc(-c4nccnc4-c4ccc(N(c5ccc(-c6ccccc6)cc5)c5ccc(-c6ccccc6)cc5)cc4)cc3)cc2)cc1.c1ccc(-c2ccc(Nc3ccc(-c4ccccc4)cc3)cc2)cc1. The minimum Gasteiger partial charge on any atom is -0.356 e. The Morgan fingerprint density at radius 1 is 0.159 bits per heavy atom. The maximum atomic E-state index is 4.93. The van der Waals surface area contributed by atoms with Crippen molar-refractivity contribution in [3.8, 4) is 112 Å². The normalized spacial score (nSPS) is 10.7. The molecule has 0 saturated carbocycles. The van der Waals surface area contributed by atoms with Crippen LogP contribution in [0.15, 0.2) is 458 Å². The lowest BCUT2D eigenvalue weighted by atomic mass is 10.0. The number of halogens is 2. The number of hydrogen-bond acceptors (Lipinski definition) is 7. The van der Waals surface area contributed by atoms with Crippen LogP contribution < -0.4 is 15.1 Å². The quantitative estimate of drug-likeness (QED) is 0.0918. The summed E-state index contributed by atoms with van der Waals surface area (Å²) in [7, 11) is 0. The van der Waals surface area contributed by atoms with E-state index in [0.29, 0.717) is 0 Å². The van der Waals surface area contributed by atoms with Crippen molar-refractivity contribution in [2.45, 2.75) is 0 Å². The molecular weight excluding hydrogens is 1510 g/mol. The van der Waals surface area contributed by atoms with E-state index in [1.54, 1.807) is 24.8 Å². The molecule has 0 saturated heterocycles. The van der Waals surface area contributed by atoms with Crippen LogP contribution in [0.4, 0.5) is 45.5 Å². The van der Waals surface area contributed by atoms with E-state index < -0.39 is 0 Å². The van der Waals surface area contributed by atoms with Crippen molar-refractivity contribution < 1.29 is 0 Å². The van der Waals surface area contributed by atoms with Crippen molar-refractivity contribution in [2.75, 3.05) is 15.1 Å². The first-order valence-corrected chi connectivity index (χ1v) is 39.1. The first-order valence-electron chi connectivity index (χ1n) is 37.5. The Kier molecular flexibility index (Phi) is 23.1. The molecular formula is C104H75Br2N7. The van der Waals surface area contributed by atoms with Crippen LogP contribution in [-0.4, -0.2) is 19.9 Å². The summed E-state index contributed by atoms with van der Waals surface area (Å²) < 4.78 is 2.10. The standard InChI is InChI=1S/C64H46N4.C24H19N.C16H10Br2N2/c1-5-13-47(14-6-1)51-21-33-57(34-22-51)67(58-35-23-52(24-36-58)48-15-7-2-8-16-48)61-41-29-55(30-42-61)63-64(66-46-45-65-63)56-31-43-62(44-32-56)68(59-37-25-53(26-38-59)49-17-9-3-10-18-49)60-39-27-54(28-40-60)50-19-11-4-12-20-50;1-3-7-19(8-4-1)21-11-15-23(16-12-21)25-24-17-13-22(14-18-24)20-9-5-2-6-10-20;17-13-5-1-11(2-6-13)15-16(20-10-9-19-15)12-3-7-14(18)8-4-12/h1-46H;1-18,25H;1-10H. The van der Waals surface area contributed by atoms with Gasteiger partial charge in [-0.25, -0.2) is 0 Å². The minimum atomic E-state index is 0.822. The molecule has 2 heterocycles. The Bertz CT molecular complexity index is 5490. The number of nitrogens with zero attached hydrogens (tertiary/aromatic N) is 6. The molecule has 113 heavy (non-hydrogen) atoms. The fraction of sp³-hybridized carbons (Fsp3) is 0. The summed E-state index contributed by atoms with van der Waals surface area (Å²) in [6.07, 6.45) is 6.99. The van der Waals surface area contributed by atoms with Gasteiger partial charge in [0.1, 0.15) is 0 Å². The molecule has 18 aromatic rings. The van der Waals surface area contributed by atoms with E-state index in [0.717, 1.165) is 99.5 Å².